The van der Waals surface area contributed by atoms with Gasteiger partial charge in [-0.25, -0.2) is 4.98 Å². The van der Waals surface area contributed by atoms with E-state index in [0.29, 0.717) is 28.2 Å². The van der Waals surface area contributed by atoms with Crippen molar-refractivity contribution in [3.05, 3.63) is 46.5 Å². The van der Waals surface area contributed by atoms with Crippen LogP contribution in [0.2, 0.25) is 5.02 Å². The summed E-state index contributed by atoms with van der Waals surface area (Å²) in [5.74, 6) is 1.37. The van der Waals surface area contributed by atoms with Gasteiger partial charge in [0.1, 0.15) is 0 Å². The van der Waals surface area contributed by atoms with E-state index in [-0.39, 0.29) is 19.1 Å². The van der Waals surface area contributed by atoms with E-state index in [4.69, 9.17) is 26.1 Å². The van der Waals surface area contributed by atoms with Crippen LogP contribution in [0.1, 0.15) is 11.1 Å². The number of ether oxygens (including phenoxy) is 2. The Morgan fingerprint density at radius 2 is 1.97 bits per heavy atom. The Kier molecular flexibility index (Phi) is 5.63. The van der Waals surface area contributed by atoms with Crippen LogP contribution in [0.5, 0.6) is 11.5 Å². The molecule has 2 aromatic carbocycles. The van der Waals surface area contributed by atoms with E-state index in [1.54, 1.807) is 4.90 Å². The number of nitrogens with zero attached hydrogens (tertiary/aromatic N) is 3. The summed E-state index contributed by atoms with van der Waals surface area (Å²) in [6, 6.07) is 9.43. The quantitative estimate of drug-likeness (QED) is 0.587. The van der Waals surface area contributed by atoms with Crippen LogP contribution in [0, 0.1) is 6.92 Å². The fourth-order valence-corrected chi connectivity index (χ4v) is 4.51. The van der Waals surface area contributed by atoms with Crippen molar-refractivity contribution in [1.29, 1.82) is 0 Å². The number of anilines is 1. The molecule has 1 aliphatic heterocycles. The number of carbonyl (C=O) groups is 1. The zero-order valence-corrected chi connectivity index (χ0v) is 18.1. The van der Waals surface area contributed by atoms with Crippen LogP contribution in [0.25, 0.3) is 10.2 Å². The van der Waals surface area contributed by atoms with Gasteiger partial charge in [-0.2, -0.15) is 0 Å². The minimum atomic E-state index is -0.0152. The molecule has 0 aliphatic carbocycles. The highest BCUT2D eigenvalue weighted by molar-refractivity contribution is 7.23. The second-order valence-corrected chi connectivity index (χ2v) is 8.64. The molecule has 0 spiro atoms. The largest absolute Gasteiger partial charge is 0.454 e. The summed E-state index contributed by atoms with van der Waals surface area (Å²) in [6.07, 6.45) is 0.257. The molecule has 0 atom stereocenters. The molecule has 0 bridgehead atoms. The minimum Gasteiger partial charge on any atom is -0.454 e. The Balaban J connectivity index is 1.63. The summed E-state index contributed by atoms with van der Waals surface area (Å²) in [5, 5.41) is 1.33. The molecule has 4 rings (SSSR count). The van der Waals surface area contributed by atoms with Gasteiger partial charge in [-0.3, -0.25) is 9.69 Å². The van der Waals surface area contributed by atoms with E-state index in [2.05, 4.69) is 0 Å². The molecule has 6 nitrogen and oxygen atoms in total. The Bertz CT molecular complexity index is 1030. The summed E-state index contributed by atoms with van der Waals surface area (Å²) in [4.78, 5) is 21.8. The molecule has 0 unspecified atom stereocenters. The van der Waals surface area contributed by atoms with Gasteiger partial charge < -0.3 is 14.4 Å². The lowest BCUT2D eigenvalue weighted by atomic mass is 10.1. The minimum absolute atomic E-state index is 0.0152. The third kappa shape index (κ3) is 4.17. The third-order valence-electron chi connectivity index (χ3n) is 4.78. The predicted molar refractivity (Wildman–Crippen MR) is 117 cm³/mol. The first-order chi connectivity index (χ1) is 13.9. The number of hydrogen-bond donors (Lipinski definition) is 0. The van der Waals surface area contributed by atoms with Gasteiger partial charge in [-0.05, 0) is 50.3 Å². The van der Waals surface area contributed by atoms with Gasteiger partial charge in [-0.1, -0.05) is 35.1 Å². The van der Waals surface area contributed by atoms with E-state index in [1.165, 1.54) is 11.3 Å². The summed E-state index contributed by atoms with van der Waals surface area (Å²) >= 11 is 7.83. The maximum Gasteiger partial charge on any atom is 0.233 e. The maximum atomic E-state index is 13.2. The number of benzene rings is 2. The van der Waals surface area contributed by atoms with Crippen LogP contribution in [-0.2, 0) is 11.2 Å². The number of thiazole rings is 1. The van der Waals surface area contributed by atoms with Gasteiger partial charge in [0.15, 0.2) is 16.6 Å². The van der Waals surface area contributed by atoms with Crippen molar-refractivity contribution >= 4 is 44.2 Å². The number of amides is 1. The topological polar surface area (TPSA) is 54.9 Å². The van der Waals surface area contributed by atoms with Crippen LogP contribution >= 0.6 is 22.9 Å². The highest BCUT2D eigenvalue weighted by atomic mass is 35.5. The van der Waals surface area contributed by atoms with Crippen LogP contribution in [0.15, 0.2) is 30.3 Å². The lowest BCUT2D eigenvalue weighted by molar-refractivity contribution is -0.118. The number of rotatable bonds is 6. The number of aryl methyl sites for hydroxylation is 1. The first-order valence-electron chi connectivity index (χ1n) is 9.31. The van der Waals surface area contributed by atoms with Gasteiger partial charge in [0.2, 0.25) is 12.7 Å². The highest BCUT2D eigenvalue weighted by Crippen LogP contribution is 2.36. The first-order valence-corrected chi connectivity index (χ1v) is 10.5. The molecular weight excluding hydrogens is 410 g/mol. The molecule has 3 aromatic rings. The fourth-order valence-electron chi connectivity index (χ4n) is 3.15. The fraction of sp³-hybridized carbons (Fsp3) is 0.333. The molecule has 1 aromatic heterocycles. The lowest BCUT2D eigenvalue weighted by Gasteiger charge is -2.22. The van der Waals surface area contributed by atoms with Crippen molar-refractivity contribution in [2.75, 3.05) is 38.9 Å². The SMILES string of the molecule is Cc1ccc(Cl)c2sc(N(CCN(C)C)C(=O)Cc3ccc4c(c3)OCO4)nc12. The second kappa shape index (κ2) is 8.18. The molecular formula is C21H22ClN3O3S. The predicted octanol–water partition coefficient (Wildman–Crippen LogP) is 4.12. The smallest absolute Gasteiger partial charge is 0.233 e. The standard InChI is InChI=1S/C21H22ClN3O3S/c1-13-4-6-15(22)20-19(13)23-21(29-20)25(9-8-24(2)3)18(26)11-14-5-7-16-17(10-14)28-12-27-16/h4-7,10H,8-9,11-12H2,1-3H3. The number of aromatic nitrogens is 1. The second-order valence-electron chi connectivity index (χ2n) is 7.25. The molecule has 2 heterocycles. The molecule has 0 saturated carbocycles. The molecule has 0 N–H and O–H groups in total. The summed E-state index contributed by atoms with van der Waals surface area (Å²) in [5.41, 5.74) is 2.77. The zero-order valence-electron chi connectivity index (χ0n) is 16.6. The molecule has 8 heteroatoms. The molecule has 1 aliphatic rings. The van der Waals surface area contributed by atoms with Crippen LogP contribution < -0.4 is 14.4 Å². The zero-order chi connectivity index (χ0) is 20.5. The van der Waals surface area contributed by atoms with Gasteiger partial charge in [-0.15, -0.1) is 0 Å². The van der Waals surface area contributed by atoms with Crippen LogP contribution in [-0.4, -0.2) is 49.8 Å². The van der Waals surface area contributed by atoms with E-state index in [0.717, 1.165) is 27.9 Å². The van der Waals surface area contributed by atoms with E-state index in [9.17, 15) is 4.79 Å². The van der Waals surface area contributed by atoms with Crippen molar-refractivity contribution < 1.29 is 14.3 Å². The number of likely N-dealkylation sites (N-methyl/N-ethyl adjacent to an activating group) is 1. The average molecular weight is 432 g/mol. The summed E-state index contributed by atoms with van der Waals surface area (Å²) in [6.45, 7) is 3.50. The normalized spacial score (nSPS) is 12.7. The molecule has 0 saturated heterocycles. The van der Waals surface area contributed by atoms with Gasteiger partial charge >= 0.3 is 0 Å². The first kappa shape index (κ1) is 19.9. The van der Waals surface area contributed by atoms with Crippen molar-refractivity contribution in [2.24, 2.45) is 0 Å². The Labute approximate surface area is 178 Å². The summed E-state index contributed by atoms with van der Waals surface area (Å²) in [7, 11) is 3.97. The van der Waals surface area contributed by atoms with Crippen molar-refractivity contribution in [3.63, 3.8) is 0 Å². The number of carbonyl (C=O) groups excluding carboxylic acids is 1. The van der Waals surface area contributed by atoms with E-state index < -0.39 is 0 Å². The molecule has 152 valence electrons. The van der Waals surface area contributed by atoms with Gasteiger partial charge in [0, 0.05) is 13.1 Å². The average Bonchev–Trinajstić information content (AvgIpc) is 3.32. The Hall–Kier alpha value is -2.35. The third-order valence-corrected chi connectivity index (χ3v) is 6.32. The maximum absolute atomic E-state index is 13.2. The van der Waals surface area contributed by atoms with Crippen LogP contribution in [0.3, 0.4) is 0 Å². The Morgan fingerprint density at radius 1 is 1.17 bits per heavy atom. The molecule has 29 heavy (non-hydrogen) atoms. The van der Waals surface area contributed by atoms with Crippen molar-refractivity contribution in [1.82, 2.24) is 9.88 Å². The van der Waals surface area contributed by atoms with Gasteiger partial charge in [0.25, 0.3) is 0 Å². The highest BCUT2D eigenvalue weighted by Gasteiger charge is 2.22. The Morgan fingerprint density at radius 3 is 2.72 bits per heavy atom. The van der Waals surface area contributed by atoms with E-state index >= 15 is 0 Å². The van der Waals surface area contributed by atoms with Crippen molar-refractivity contribution in [3.8, 4) is 11.5 Å². The van der Waals surface area contributed by atoms with Crippen LogP contribution in [0.4, 0.5) is 5.13 Å². The van der Waals surface area contributed by atoms with E-state index in [1.807, 2.05) is 56.3 Å². The molecule has 1 amide bonds. The number of hydrogen-bond acceptors (Lipinski definition) is 6. The van der Waals surface area contributed by atoms with Gasteiger partial charge in [0.05, 0.1) is 21.7 Å². The molecule has 0 fully saturated rings. The number of fused-ring (bicyclic) bond motifs is 2. The van der Waals surface area contributed by atoms with Crippen molar-refractivity contribution in [2.45, 2.75) is 13.3 Å². The number of halogens is 1. The monoisotopic (exact) mass is 431 g/mol. The lowest BCUT2D eigenvalue weighted by Crippen LogP contribution is -2.37. The summed E-state index contributed by atoms with van der Waals surface area (Å²) < 4.78 is 11.7. The molecule has 0 radical (unpaired) electrons.